The number of halogens is 1. The number of benzene rings is 1. The highest BCUT2D eigenvalue weighted by molar-refractivity contribution is 9.10. The normalized spacial score (nSPS) is 28.7. The van der Waals surface area contributed by atoms with Crippen LogP contribution in [0.3, 0.4) is 0 Å². The lowest BCUT2D eigenvalue weighted by atomic mass is 9.92. The average molecular weight is 397 g/mol. The van der Waals surface area contributed by atoms with Gasteiger partial charge in [-0.3, -0.25) is 9.59 Å². The molecule has 0 spiro atoms. The third kappa shape index (κ3) is 1.71. The molecule has 7 nitrogen and oxygen atoms in total. The largest absolute Gasteiger partial charge is 0.468 e. The van der Waals surface area contributed by atoms with Crippen LogP contribution in [0.2, 0.25) is 0 Å². The Kier molecular flexibility index (Phi) is 3.64. The van der Waals surface area contributed by atoms with Crippen molar-refractivity contribution in [3.05, 3.63) is 45.6 Å². The zero-order valence-corrected chi connectivity index (χ0v) is 14.4. The van der Waals surface area contributed by atoms with Crippen LogP contribution in [0.4, 0.5) is 0 Å². The Morgan fingerprint density at radius 2 is 1.92 bits per heavy atom. The van der Waals surface area contributed by atoms with Gasteiger partial charge >= 0.3 is 5.97 Å². The van der Waals surface area contributed by atoms with Crippen molar-refractivity contribution in [2.45, 2.75) is 5.92 Å². The number of nitriles is 3. The van der Waals surface area contributed by atoms with Crippen LogP contribution < -0.4 is 5.32 Å². The monoisotopic (exact) mass is 396 g/mol. The molecular formula is C17H9BrN4O3. The number of nitrogens with zero attached hydrogens (tertiary/aromatic N) is 3. The predicted octanol–water partition coefficient (Wildman–Crippen LogP) is 1.65. The van der Waals surface area contributed by atoms with Crippen LogP contribution in [0, 0.1) is 44.8 Å². The van der Waals surface area contributed by atoms with Crippen LogP contribution in [0.5, 0.6) is 0 Å². The maximum atomic E-state index is 12.7. The molecule has 0 bridgehead atoms. The van der Waals surface area contributed by atoms with E-state index in [1.165, 1.54) is 0 Å². The van der Waals surface area contributed by atoms with Crippen LogP contribution in [-0.4, -0.2) is 19.0 Å². The molecule has 1 aliphatic heterocycles. The van der Waals surface area contributed by atoms with Gasteiger partial charge < -0.3 is 10.1 Å². The molecule has 2 fully saturated rings. The van der Waals surface area contributed by atoms with Gasteiger partial charge in [-0.1, -0.05) is 34.1 Å². The Morgan fingerprint density at radius 3 is 2.44 bits per heavy atom. The van der Waals surface area contributed by atoms with Crippen LogP contribution in [-0.2, 0) is 14.3 Å². The van der Waals surface area contributed by atoms with Crippen LogP contribution in [0.25, 0.3) is 0 Å². The number of hydrogen-bond donors (Lipinski definition) is 1. The van der Waals surface area contributed by atoms with Gasteiger partial charge in [-0.15, -0.1) is 0 Å². The summed E-state index contributed by atoms with van der Waals surface area (Å²) in [5.41, 5.74) is -3.50. The molecule has 3 rings (SSSR count). The van der Waals surface area contributed by atoms with Crippen molar-refractivity contribution in [1.82, 2.24) is 5.32 Å². The first-order valence-corrected chi connectivity index (χ1v) is 7.87. The molecule has 1 aromatic rings. The summed E-state index contributed by atoms with van der Waals surface area (Å²) in [6, 6.07) is 12.2. The molecule has 1 saturated heterocycles. The van der Waals surface area contributed by atoms with Gasteiger partial charge in [0.1, 0.15) is 17.6 Å². The SMILES string of the molecule is COC(=O)C12C(=O)NC(=C(C#N)C#N)C1(C#N)C2c1ccccc1Br. The zero-order valence-electron chi connectivity index (χ0n) is 12.8. The van der Waals surface area contributed by atoms with Crippen molar-refractivity contribution >= 4 is 27.8 Å². The van der Waals surface area contributed by atoms with Gasteiger partial charge in [0.2, 0.25) is 5.91 Å². The first kappa shape index (κ1) is 16.7. The number of hydrogen-bond acceptors (Lipinski definition) is 6. The number of esters is 1. The van der Waals surface area contributed by atoms with Crippen LogP contribution >= 0.6 is 15.9 Å². The first-order valence-electron chi connectivity index (χ1n) is 7.07. The molecule has 8 heteroatoms. The third-order valence-electron chi connectivity index (χ3n) is 4.77. The Bertz CT molecular complexity index is 965. The summed E-state index contributed by atoms with van der Waals surface area (Å²) in [7, 11) is 1.12. The lowest BCUT2D eigenvalue weighted by Gasteiger charge is -2.14. The fraction of sp³-hybridized carbons (Fsp3) is 0.235. The molecule has 1 aromatic carbocycles. The molecule has 1 N–H and O–H groups in total. The Labute approximate surface area is 151 Å². The molecule has 1 saturated carbocycles. The summed E-state index contributed by atoms with van der Waals surface area (Å²) in [6.45, 7) is 0. The number of methoxy groups -OCH3 is 1. The van der Waals surface area contributed by atoms with Gasteiger partial charge in [0.25, 0.3) is 0 Å². The van der Waals surface area contributed by atoms with E-state index in [2.05, 4.69) is 21.2 Å². The number of fused-ring (bicyclic) bond motifs is 1. The number of nitrogens with one attached hydrogen (secondary N) is 1. The third-order valence-corrected chi connectivity index (χ3v) is 5.49. The number of piperidine rings is 1. The van der Waals surface area contributed by atoms with E-state index in [4.69, 9.17) is 4.74 Å². The van der Waals surface area contributed by atoms with Crippen molar-refractivity contribution in [3.8, 4) is 18.2 Å². The molecule has 122 valence electrons. The second kappa shape index (κ2) is 5.44. The summed E-state index contributed by atoms with van der Waals surface area (Å²) in [6.07, 6.45) is 0. The quantitative estimate of drug-likeness (QED) is 0.459. The van der Waals surface area contributed by atoms with Gasteiger partial charge in [-0.2, -0.15) is 15.8 Å². The minimum Gasteiger partial charge on any atom is -0.468 e. The summed E-state index contributed by atoms with van der Waals surface area (Å²) in [5.74, 6) is -2.49. The van der Waals surface area contributed by atoms with E-state index < -0.39 is 34.2 Å². The molecule has 3 atom stereocenters. The van der Waals surface area contributed by atoms with E-state index in [1.54, 1.807) is 36.4 Å². The number of carbonyl (C=O) groups excluding carboxylic acids is 2. The second-order valence-electron chi connectivity index (χ2n) is 5.60. The maximum Gasteiger partial charge on any atom is 0.324 e. The van der Waals surface area contributed by atoms with Gasteiger partial charge in [-0.25, -0.2) is 0 Å². The van der Waals surface area contributed by atoms with Crippen molar-refractivity contribution in [3.63, 3.8) is 0 Å². The topological polar surface area (TPSA) is 127 Å². The van der Waals surface area contributed by atoms with Crippen molar-refractivity contribution < 1.29 is 14.3 Å². The van der Waals surface area contributed by atoms with Gasteiger partial charge in [0.15, 0.2) is 11.0 Å². The molecule has 1 amide bonds. The maximum absolute atomic E-state index is 12.7. The lowest BCUT2D eigenvalue weighted by molar-refractivity contribution is -0.152. The lowest BCUT2D eigenvalue weighted by Crippen LogP contribution is -2.34. The smallest absolute Gasteiger partial charge is 0.324 e. The standard InChI is InChI=1S/C17H9BrN4O3/c1-25-15(24)17-12(10-4-2-3-5-11(10)18)16(17,8-21)13(22-14(17)23)9(6-19)7-20/h2-5,12H,1H3,(H,22,23). The highest BCUT2D eigenvalue weighted by Gasteiger charge is 2.92. The number of rotatable bonds is 2. The van der Waals surface area contributed by atoms with Gasteiger partial charge in [-0.05, 0) is 11.6 Å². The van der Waals surface area contributed by atoms with E-state index in [0.29, 0.717) is 10.0 Å². The molecule has 3 unspecified atom stereocenters. The van der Waals surface area contributed by atoms with Crippen LogP contribution in [0.1, 0.15) is 11.5 Å². The van der Waals surface area contributed by atoms with Crippen LogP contribution in [0.15, 0.2) is 40.0 Å². The van der Waals surface area contributed by atoms with E-state index in [1.807, 2.05) is 6.07 Å². The molecule has 1 aliphatic carbocycles. The molecule has 0 radical (unpaired) electrons. The van der Waals surface area contributed by atoms with Crippen molar-refractivity contribution in [1.29, 1.82) is 15.8 Å². The molecule has 0 aromatic heterocycles. The van der Waals surface area contributed by atoms with Gasteiger partial charge in [0.05, 0.1) is 18.9 Å². The fourth-order valence-corrected chi connectivity index (χ4v) is 4.26. The van der Waals surface area contributed by atoms with Gasteiger partial charge in [0, 0.05) is 10.4 Å². The second-order valence-corrected chi connectivity index (χ2v) is 6.46. The van der Waals surface area contributed by atoms with E-state index in [0.717, 1.165) is 7.11 Å². The predicted molar refractivity (Wildman–Crippen MR) is 85.8 cm³/mol. The first-order chi connectivity index (χ1) is 12.0. The van der Waals surface area contributed by atoms with Crippen molar-refractivity contribution in [2.24, 2.45) is 10.8 Å². The average Bonchev–Trinajstić information content (AvgIpc) is 3.17. The Morgan fingerprint density at radius 1 is 1.28 bits per heavy atom. The molecular weight excluding hydrogens is 388 g/mol. The highest BCUT2D eigenvalue weighted by Crippen LogP contribution is 2.80. The summed E-state index contributed by atoms with van der Waals surface area (Å²) >= 11 is 3.37. The molecule has 25 heavy (non-hydrogen) atoms. The molecule has 2 aliphatic rings. The number of amides is 1. The Balaban J connectivity index is 2.37. The zero-order chi connectivity index (χ0) is 18.4. The number of allylic oxidation sites excluding steroid dienone is 2. The fourth-order valence-electron chi connectivity index (χ4n) is 3.75. The minimum atomic E-state index is -1.82. The number of carbonyl (C=O) groups is 2. The van der Waals surface area contributed by atoms with E-state index >= 15 is 0 Å². The minimum absolute atomic E-state index is 0.142. The highest BCUT2D eigenvalue weighted by atomic mass is 79.9. The summed E-state index contributed by atoms with van der Waals surface area (Å²) < 4.78 is 5.41. The van der Waals surface area contributed by atoms with E-state index in [9.17, 15) is 25.4 Å². The Hall–Kier alpha value is -3.15. The summed E-state index contributed by atoms with van der Waals surface area (Å²) in [4.78, 5) is 25.3. The molecule has 1 heterocycles. The van der Waals surface area contributed by atoms with E-state index in [-0.39, 0.29) is 5.70 Å². The van der Waals surface area contributed by atoms with Crippen molar-refractivity contribution in [2.75, 3.05) is 7.11 Å². The summed E-state index contributed by atoms with van der Waals surface area (Å²) in [5, 5.41) is 30.7. The number of ether oxygens (including phenoxy) is 1.